The van der Waals surface area contributed by atoms with Gasteiger partial charge in [-0.05, 0) is 51.0 Å². The number of carbonyl (C=O) groups excluding carboxylic acids is 1. The molecular formula is C16H19N3O2. The van der Waals surface area contributed by atoms with Gasteiger partial charge in [0, 0.05) is 11.9 Å². The van der Waals surface area contributed by atoms with Gasteiger partial charge in [0.05, 0.1) is 18.5 Å². The molecule has 0 bridgehead atoms. The van der Waals surface area contributed by atoms with Crippen molar-refractivity contribution in [2.75, 3.05) is 12.4 Å². The zero-order valence-electron chi connectivity index (χ0n) is 12.9. The van der Waals surface area contributed by atoms with Crippen LogP contribution in [0.1, 0.15) is 33.0 Å². The summed E-state index contributed by atoms with van der Waals surface area (Å²) in [7, 11) is 1.52. The van der Waals surface area contributed by atoms with Crippen molar-refractivity contribution in [3.8, 4) is 5.75 Å². The highest BCUT2D eigenvalue weighted by Crippen LogP contribution is 2.22. The van der Waals surface area contributed by atoms with Gasteiger partial charge in [-0.3, -0.25) is 9.78 Å². The molecule has 0 aromatic carbocycles. The van der Waals surface area contributed by atoms with E-state index in [4.69, 9.17) is 4.74 Å². The first kappa shape index (κ1) is 15.0. The standard InChI is InChI=1S/C16H19N3O2/c1-9-6-13(21-5)15(17-8-9)16(20)19-14-10(2)7-11(3)18-12(14)4/h6-8H,1-5H3,(H,19,20). The van der Waals surface area contributed by atoms with E-state index >= 15 is 0 Å². The molecule has 2 rings (SSSR count). The summed E-state index contributed by atoms with van der Waals surface area (Å²) in [5.74, 6) is 0.159. The Labute approximate surface area is 124 Å². The molecule has 0 saturated carbocycles. The van der Waals surface area contributed by atoms with Gasteiger partial charge in [-0.1, -0.05) is 0 Å². The summed E-state index contributed by atoms with van der Waals surface area (Å²) in [4.78, 5) is 20.9. The number of rotatable bonds is 3. The van der Waals surface area contributed by atoms with Crippen molar-refractivity contribution in [3.05, 3.63) is 46.5 Å². The van der Waals surface area contributed by atoms with Gasteiger partial charge in [0.25, 0.3) is 5.91 Å². The van der Waals surface area contributed by atoms with Crippen molar-refractivity contribution in [1.82, 2.24) is 9.97 Å². The quantitative estimate of drug-likeness (QED) is 0.941. The number of nitrogens with one attached hydrogen (secondary N) is 1. The van der Waals surface area contributed by atoms with Crippen molar-refractivity contribution in [3.63, 3.8) is 0 Å². The van der Waals surface area contributed by atoms with Crippen LogP contribution in [0.3, 0.4) is 0 Å². The van der Waals surface area contributed by atoms with Gasteiger partial charge in [0.15, 0.2) is 5.69 Å². The van der Waals surface area contributed by atoms with Crippen LogP contribution in [0, 0.1) is 27.7 Å². The zero-order valence-corrected chi connectivity index (χ0v) is 12.9. The van der Waals surface area contributed by atoms with E-state index in [1.54, 1.807) is 12.3 Å². The van der Waals surface area contributed by atoms with E-state index in [2.05, 4.69) is 15.3 Å². The molecule has 0 atom stereocenters. The van der Waals surface area contributed by atoms with Crippen LogP contribution >= 0.6 is 0 Å². The third kappa shape index (κ3) is 3.18. The fraction of sp³-hybridized carbons (Fsp3) is 0.312. The van der Waals surface area contributed by atoms with Crippen molar-refractivity contribution in [1.29, 1.82) is 0 Å². The summed E-state index contributed by atoms with van der Waals surface area (Å²) in [5.41, 5.74) is 4.60. The molecule has 0 radical (unpaired) electrons. The van der Waals surface area contributed by atoms with Crippen molar-refractivity contribution >= 4 is 11.6 Å². The lowest BCUT2D eigenvalue weighted by atomic mass is 10.1. The molecule has 2 heterocycles. The fourth-order valence-corrected chi connectivity index (χ4v) is 2.25. The SMILES string of the molecule is COc1cc(C)cnc1C(=O)Nc1c(C)cc(C)nc1C. The predicted octanol–water partition coefficient (Wildman–Crippen LogP) is 2.97. The minimum atomic E-state index is -0.302. The highest BCUT2D eigenvalue weighted by molar-refractivity contribution is 6.05. The fourth-order valence-electron chi connectivity index (χ4n) is 2.25. The maximum absolute atomic E-state index is 12.4. The monoisotopic (exact) mass is 285 g/mol. The first-order chi connectivity index (χ1) is 9.92. The number of aryl methyl sites for hydroxylation is 4. The molecule has 0 saturated heterocycles. The Morgan fingerprint density at radius 3 is 2.52 bits per heavy atom. The lowest BCUT2D eigenvalue weighted by Gasteiger charge is -2.13. The van der Waals surface area contributed by atoms with Crippen LogP contribution in [0.25, 0.3) is 0 Å². The minimum absolute atomic E-state index is 0.266. The normalized spacial score (nSPS) is 10.3. The Kier molecular flexibility index (Phi) is 4.21. The molecule has 1 N–H and O–H groups in total. The number of pyridine rings is 2. The van der Waals surface area contributed by atoms with Gasteiger partial charge in [-0.15, -0.1) is 0 Å². The zero-order chi connectivity index (χ0) is 15.6. The molecule has 0 fully saturated rings. The number of nitrogens with zero attached hydrogens (tertiary/aromatic N) is 2. The molecule has 1 amide bonds. The Hall–Kier alpha value is -2.43. The summed E-state index contributed by atoms with van der Waals surface area (Å²) < 4.78 is 5.23. The van der Waals surface area contributed by atoms with E-state index in [0.717, 1.165) is 28.2 Å². The lowest BCUT2D eigenvalue weighted by molar-refractivity contribution is 0.101. The summed E-state index contributed by atoms with van der Waals surface area (Å²) in [6.45, 7) is 7.64. The lowest BCUT2D eigenvalue weighted by Crippen LogP contribution is -2.17. The molecule has 0 aliphatic rings. The molecule has 0 aliphatic heterocycles. The topological polar surface area (TPSA) is 64.1 Å². The smallest absolute Gasteiger partial charge is 0.278 e. The van der Waals surface area contributed by atoms with Crippen LogP contribution < -0.4 is 10.1 Å². The van der Waals surface area contributed by atoms with Crippen LogP contribution in [-0.4, -0.2) is 23.0 Å². The molecule has 5 nitrogen and oxygen atoms in total. The Morgan fingerprint density at radius 2 is 1.90 bits per heavy atom. The number of hydrogen-bond acceptors (Lipinski definition) is 4. The number of aromatic nitrogens is 2. The van der Waals surface area contributed by atoms with Gasteiger partial charge in [0.1, 0.15) is 5.75 Å². The van der Waals surface area contributed by atoms with Crippen molar-refractivity contribution < 1.29 is 9.53 Å². The van der Waals surface area contributed by atoms with E-state index in [0.29, 0.717) is 5.75 Å². The van der Waals surface area contributed by atoms with Crippen LogP contribution in [0.4, 0.5) is 5.69 Å². The summed E-state index contributed by atoms with van der Waals surface area (Å²) in [6, 6.07) is 3.72. The molecule has 110 valence electrons. The van der Waals surface area contributed by atoms with E-state index in [-0.39, 0.29) is 11.6 Å². The number of ether oxygens (including phenoxy) is 1. The molecule has 0 spiro atoms. The van der Waals surface area contributed by atoms with Crippen molar-refractivity contribution in [2.24, 2.45) is 0 Å². The van der Waals surface area contributed by atoms with Gasteiger partial charge in [0.2, 0.25) is 0 Å². The van der Waals surface area contributed by atoms with E-state index < -0.39 is 0 Å². The maximum atomic E-state index is 12.4. The second-order valence-corrected chi connectivity index (χ2v) is 5.06. The Morgan fingerprint density at radius 1 is 1.19 bits per heavy atom. The number of amides is 1. The highest BCUT2D eigenvalue weighted by Gasteiger charge is 2.16. The molecule has 5 heteroatoms. The van der Waals surface area contributed by atoms with Crippen LogP contribution in [0.5, 0.6) is 5.75 Å². The summed E-state index contributed by atoms with van der Waals surface area (Å²) in [6.07, 6.45) is 1.64. The van der Waals surface area contributed by atoms with Gasteiger partial charge in [-0.25, -0.2) is 4.98 Å². The average Bonchev–Trinajstić information content (AvgIpc) is 2.42. The van der Waals surface area contributed by atoms with E-state index in [9.17, 15) is 4.79 Å². The Bertz CT molecular complexity index is 673. The largest absolute Gasteiger partial charge is 0.494 e. The van der Waals surface area contributed by atoms with E-state index in [1.165, 1.54) is 7.11 Å². The maximum Gasteiger partial charge on any atom is 0.278 e. The van der Waals surface area contributed by atoms with E-state index in [1.807, 2.05) is 33.8 Å². The average molecular weight is 285 g/mol. The van der Waals surface area contributed by atoms with Crippen molar-refractivity contribution in [2.45, 2.75) is 27.7 Å². The molecule has 21 heavy (non-hydrogen) atoms. The Balaban J connectivity index is 2.35. The second kappa shape index (κ2) is 5.91. The van der Waals surface area contributed by atoms with Crippen LogP contribution in [-0.2, 0) is 0 Å². The third-order valence-corrected chi connectivity index (χ3v) is 3.19. The highest BCUT2D eigenvalue weighted by atomic mass is 16.5. The molecule has 0 unspecified atom stereocenters. The number of hydrogen-bond donors (Lipinski definition) is 1. The number of carbonyl (C=O) groups is 1. The third-order valence-electron chi connectivity index (χ3n) is 3.19. The summed E-state index contributed by atoms with van der Waals surface area (Å²) >= 11 is 0. The number of methoxy groups -OCH3 is 1. The molecule has 2 aromatic rings. The summed E-state index contributed by atoms with van der Waals surface area (Å²) in [5, 5.41) is 2.87. The van der Waals surface area contributed by atoms with Crippen LogP contribution in [0.2, 0.25) is 0 Å². The van der Waals surface area contributed by atoms with Gasteiger partial charge >= 0.3 is 0 Å². The van der Waals surface area contributed by atoms with Gasteiger partial charge in [-0.2, -0.15) is 0 Å². The predicted molar refractivity (Wildman–Crippen MR) is 81.9 cm³/mol. The first-order valence-corrected chi connectivity index (χ1v) is 6.69. The first-order valence-electron chi connectivity index (χ1n) is 6.69. The minimum Gasteiger partial charge on any atom is -0.494 e. The second-order valence-electron chi connectivity index (χ2n) is 5.06. The van der Waals surface area contributed by atoms with Crippen LogP contribution in [0.15, 0.2) is 18.3 Å². The molecule has 0 aliphatic carbocycles. The molecule has 2 aromatic heterocycles. The molecular weight excluding hydrogens is 266 g/mol. The number of anilines is 1. The van der Waals surface area contributed by atoms with Gasteiger partial charge < -0.3 is 10.1 Å².